The Bertz CT molecular complexity index is 561. The molecule has 5 nitrogen and oxygen atoms in total. The van der Waals surface area contributed by atoms with Crippen LogP contribution < -0.4 is 10.5 Å². The van der Waals surface area contributed by atoms with E-state index >= 15 is 0 Å². The van der Waals surface area contributed by atoms with Crippen molar-refractivity contribution in [1.82, 2.24) is 10.2 Å². The van der Waals surface area contributed by atoms with Gasteiger partial charge < -0.3 is 14.9 Å². The van der Waals surface area contributed by atoms with E-state index in [4.69, 9.17) is 14.9 Å². The molecule has 1 fully saturated rings. The fourth-order valence-electron chi connectivity index (χ4n) is 2.67. The minimum Gasteiger partial charge on any atom is -0.490 e. The third-order valence-electron chi connectivity index (χ3n) is 3.95. The Labute approximate surface area is 118 Å². The van der Waals surface area contributed by atoms with E-state index < -0.39 is 0 Å². The van der Waals surface area contributed by atoms with Crippen molar-refractivity contribution in [2.45, 2.75) is 44.6 Å². The molecule has 0 aliphatic heterocycles. The molecule has 1 saturated carbocycles. The highest BCUT2D eigenvalue weighted by Gasteiger charge is 2.26. The lowest BCUT2D eigenvalue weighted by molar-refractivity contribution is 0.141. The number of anilines is 1. The van der Waals surface area contributed by atoms with Crippen LogP contribution in [0.15, 0.2) is 29.0 Å². The van der Waals surface area contributed by atoms with E-state index in [9.17, 15) is 0 Å². The van der Waals surface area contributed by atoms with Crippen LogP contribution in [0.3, 0.4) is 0 Å². The smallest absolute Gasteiger partial charge is 0.219 e. The SMILES string of the molecule is Cc1ccc(OC2CCC(c3nnco3)CC2)cc1N. The lowest BCUT2D eigenvalue weighted by Crippen LogP contribution is -2.23. The highest BCUT2D eigenvalue weighted by atomic mass is 16.5. The predicted octanol–water partition coefficient (Wildman–Crippen LogP) is 3.07. The molecular formula is C15H19N3O2. The van der Waals surface area contributed by atoms with Crippen molar-refractivity contribution in [3.63, 3.8) is 0 Å². The van der Waals surface area contributed by atoms with Crippen LogP contribution in [-0.4, -0.2) is 16.3 Å². The Morgan fingerprint density at radius 3 is 2.70 bits per heavy atom. The van der Waals surface area contributed by atoms with Crippen LogP contribution in [0.5, 0.6) is 5.75 Å². The maximum atomic E-state index is 6.01. The first-order chi connectivity index (χ1) is 9.72. The first-order valence-electron chi connectivity index (χ1n) is 7.01. The predicted molar refractivity (Wildman–Crippen MR) is 75.5 cm³/mol. The van der Waals surface area contributed by atoms with E-state index in [0.717, 1.165) is 48.6 Å². The highest BCUT2D eigenvalue weighted by Crippen LogP contribution is 2.33. The van der Waals surface area contributed by atoms with Crippen LogP contribution in [0.1, 0.15) is 43.1 Å². The van der Waals surface area contributed by atoms with E-state index in [1.54, 1.807) is 0 Å². The lowest BCUT2D eigenvalue weighted by Gasteiger charge is -2.27. The van der Waals surface area contributed by atoms with Gasteiger partial charge in [-0.05, 0) is 44.2 Å². The number of rotatable bonds is 3. The van der Waals surface area contributed by atoms with E-state index in [0.29, 0.717) is 5.92 Å². The van der Waals surface area contributed by atoms with E-state index in [1.807, 2.05) is 25.1 Å². The summed E-state index contributed by atoms with van der Waals surface area (Å²) in [5, 5.41) is 7.74. The summed E-state index contributed by atoms with van der Waals surface area (Å²) in [5.41, 5.74) is 7.77. The summed E-state index contributed by atoms with van der Waals surface area (Å²) in [6.45, 7) is 1.99. The highest BCUT2D eigenvalue weighted by molar-refractivity contribution is 5.50. The Balaban J connectivity index is 1.57. The zero-order valence-electron chi connectivity index (χ0n) is 11.6. The van der Waals surface area contributed by atoms with Crippen LogP contribution in [-0.2, 0) is 0 Å². The van der Waals surface area contributed by atoms with Crippen LogP contribution >= 0.6 is 0 Å². The molecule has 2 aromatic rings. The molecule has 1 heterocycles. The third-order valence-corrected chi connectivity index (χ3v) is 3.95. The second-order valence-corrected chi connectivity index (χ2v) is 5.39. The fraction of sp³-hybridized carbons (Fsp3) is 0.467. The summed E-state index contributed by atoms with van der Waals surface area (Å²) in [5.74, 6) is 1.98. The van der Waals surface area contributed by atoms with Gasteiger partial charge in [0.1, 0.15) is 5.75 Å². The Kier molecular flexibility index (Phi) is 3.58. The first-order valence-corrected chi connectivity index (χ1v) is 7.01. The number of aryl methyl sites for hydroxylation is 1. The van der Waals surface area contributed by atoms with Gasteiger partial charge >= 0.3 is 0 Å². The monoisotopic (exact) mass is 273 g/mol. The van der Waals surface area contributed by atoms with Gasteiger partial charge in [0.25, 0.3) is 0 Å². The van der Waals surface area contributed by atoms with Crippen LogP contribution in [0.2, 0.25) is 0 Å². The van der Waals surface area contributed by atoms with Crippen molar-refractivity contribution in [1.29, 1.82) is 0 Å². The van der Waals surface area contributed by atoms with Gasteiger partial charge in [0.05, 0.1) is 6.10 Å². The summed E-state index contributed by atoms with van der Waals surface area (Å²) in [7, 11) is 0. The van der Waals surface area contributed by atoms with E-state index in [-0.39, 0.29) is 6.10 Å². The molecule has 1 aromatic heterocycles. The molecule has 0 bridgehead atoms. The largest absolute Gasteiger partial charge is 0.490 e. The number of hydrogen-bond acceptors (Lipinski definition) is 5. The molecule has 1 aliphatic carbocycles. The molecule has 0 unspecified atom stereocenters. The standard InChI is InChI=1S/C15H19N3O2/c1-10-2-5-13(8-14(10)16)20-12-6-3-11(4-7-12)15-18-17-9-19-15/h2,5,8-9,11-12H,3-4,6-7,16H2,1H3. The van der Waals surface area contributed by atoms with Crippen LogP contribution in [0, 0.1) is 6.92 Å². The molecule has 0 spiro atoms. The average molecular weight is 273 g/mol. The number of benzene rings is 1. The van der Waals surface area contributed by atoms with Gasteiger partial charge in [-0.2, -0.15) is 0 Å². The Morgan fingerprint density at radius 2 is 2.05 bits per heavy atom. The molecule has 1 aliphatic rings. The van der Waals surface area contributed by atoms with Crippen LogP contribution in [0.25, 0.3) is 0 Å². The van der Waals surface area contributed by atoms with Gasteiger partial charge in [-0.1, -0.05) is 6.07 Å². The molecule has 3 rings (SSSR count). The van der Waals surface area contributed by atoms with Gasteiger partial charge in [0, 0.05) is 17.7 Å². The zero-order chi connectivity index (χ0) is 13.9. The summed E-state index contributed by atoms with van der Waals surface area (Å²) < 4.78 is 11.3. The topological polar surface area (TPSA) is 74.2 Å². The van der Waals surface area contributed by atoms with Gasteiger partial charge in [-0.25, -0.2) is 0 Å². The summed E-state index contributed by atoms with van der Waals surface area (Å²) in [4.78, 5) is 0. The molecule has 2 N–H and O–H groups in total. The third kappa shape index (κ3) is 2.76. The van der Waals surface area contributed by atoms with E-state index in [2.05, 4.69) is 10.2 Å². The normalized spacial score (nSPS) is 22.6. The molecule has 0 atom stereocenters. The average Bonchev–Trinajstić information content (AvgIpc) is 2.98. The van der Waals surface area contributed by atoms with Crippen molar-refractivity contribution in [3.8, 4) is 5.75 Å². The minimum atomic E-state index is 0.247. The van der Waals surface area contributed by atoms with Crippen LogP contribution in [0.4, 0.5) is 5.69 Å². The Hall–Kier alpha value is -2.04. The van der Waals surface area contributed by atoms with Gasteiger partial charge in [0.2, 0.25) is 12.3 Å². The van der Waals surface area contributed by atoms with Gasteiger partial charge in [-0.3, -0.25) is 0 Å². The quantitative estimate of drug-likeness (QED) is 0.870. The van der Waals surface area contributed by atoms with Gasteiger partial charge in [-0.15, -0.1) is 10.2 Å². The number of aromatic nitrogens is 2. The molecule has 0 saturated heterocycles. The van der Waals surface area contributed by atoms with Crippen molar-refractivity contribution in [3.05, 3.63) is 36.0 Å². The maximum absolute atomic E-state index is 6.01. The molecular weight excluding hydrogens is 254 g/mol. The Morgan fingerprint density at radius 1 is 1.25 bits per heavy atom. The molecule has 106 valence electrons. The maximum Gasteiger partial charge on any atom is 0.219 e. The zero-order valence-corrected chi connectivity index (χ0v) is 11.6. The van der Waals surface area contributed by atoms with Crippen molar-refractivity contribution in [2.75, 3.05) is 5.73 Å². The van der Waals surface area contributed by atoms with Gasteiger partial charge in [0.15, 0.2) is 0 Å². The number of nitrogens with zero attached hydrogens (tertiary/aromatic N) is 2. The lowest BCUT2D eigenvalue weighted by atomic mass is 9.87. The molecule has 0 amide bonds. The second-order valence-electron chi connectivity index (χ2n) is 5.39. The number of ether oxygens (including phenoxy) is 1. The second kappa shape index (κ2) is 5.53. The molecule has 20 heavy (non-hydrogen) atoms. The fourth-order valence-corrected chi connectivity index (χ4v) is 2.67. The number of nitrogen functional groups attached to an aromatic ring is 1. The van der Waals surface area contributed by atoms with Crippen molar-refractivity contribution >= 4 is 5.69 Å². The molecule has 0 radical (unpaired) electrons. The van der Waals surface area contributed by atoms with E-state index in [1.165, 1.54) is 6.39 Å². The molecule has 5 heteroatoms. The molecule has 1 aromatic carbocycles. The number of hydrogen-bond donors (Lipinski definition) is 1. The summed E-state index contributed by atoms with van der Waals surface area (Å²) in [6.07, 6.45) is 5.69. The summed E-state index contributed by atoms with van der Waals surface area (Å²) >= 11 is 0. The van der Waals surface area contributed by atoms with Crippen molar-refractivity contribution in [2.24, 2.45) is 0 Å². The van der Waals surface area contributed by atoms with Crippen molar-refractivity contribution < 1.29 is 9.15 Å². The first kappa shape index (κ1) is 13.0. The number of nitrogens with two attached hydrogens (primary N) is 1. The summed E-state index contributed by atoms with van der Waals surface area (Å²) in [6, 6.07) is 5.88. The minimum absolute atomic E-state index is 0.247.